The molecule has 0 radical (unpaired) electrons. The van der Waals surface area contributed by atoms with E-state index < -0.39 is 0 Å². The third-order valence-corrected chi connectivity index (χ3v) is 3.92. The molecule has 1 aliphatic carbocycles. The molecule has 1 fully saturated rings. The molecule has 1 aromatic carbocycles. The van der Waals surface area contributed by atoms with Gasteiger partial charge >= 0.3 is 0 Å². The lowest BCUT2D eigenvalue weighted by molar-refractivity contribution is 0.208. The van der Waals surface area contributed by atoms with Gasteiger partial charge in [-0.1, -0.05) is 53.4 Å². The molecule has 0 heterocycles. The maximum absolute atomic E-state index is 5.94. The van der Waals surface area contributed by atoms with Gasteiger partial charge in [0.05, 0.1) is 6.61 Å². The molecule has 0 aliphatic heterocycles. The van der Waals surface area contributed by atoms with Crippen LogP contribution in [0.2, 0.25) is 0 Å². The maximum Gasteiger partial charge on any atom is 0.123 e. The first kappa shape index (κ1) is 12.0. The highest BCUT2D eigenvalue weighted by atomic mass is 79.9. The van der Waals surface area contributed by atoms with Gasteiger partial charge in [-0.2, -0.15) is 0 Å². The zero-order valence-electron chi connectivity index (χ0n) is 9.62. The fourth-order valence-corrected chi connectivity index (χ4v) is 2.78. The second-order valence-corrected chi connectivity index (χ2v) is 5.12. The van der Waals surface area contributed by atoms with Crippen LogP contribution in [0.15, 0.2) is 24.3 Å². The van der Waals surface area contributed by atoms with Crippen LogP contribution in [0.4, 0.5) is 0 Å². The third kappa shape index (κ3) is 3.24. The summed E-state index contributed by atoms with van der Waals surface area (Å²) in [5.41, 5.74) is 1.25. The molecule has 16 heavy (non-hydrogen) atoms. The van der Waals surface area contributed by atoms with E-state index in [4.69, 9.17) is 4.74 Å². The van der Waals surface area contributed by atoms with Crippen LogP contribution in [0.1, 0.15) is 37.7 Å². The summed E-state index contributed by atoms with van der Waals surface area (Å²) in [5.74, 6) is 1.82. The number of alkyl halides is 1. The van der Waals surface area contributed by atoms with Crippen LogP contribution >= 0.6 is 15.9 Å². The van der Waals surface area contributed by atoms with E-state index in [1.54, 1.807) is 0 Å². The number of benzene rings is 1. The molecule has 2 heteroatoms. The summed E-state index contributed by atoms with van der Waals surface area (Å²) in [5, 5.41) is 0.869. The largest absolute Gasteiger partial charge is 0.493 e. The summed E-state index contributed by atoms with van der Waals surface area (Å²) in [6.45, 7) is 0.893. The van der Waals surface area contributed by atoms with Gasteiger partial charge in [0.15, 0.2) is 0 Å². The molecule has 1 aliphatic rings. The Hall–Kier alpha value is -0.500. The minimum atomic E-state index is 0.775. The fourth-order valence-electron chi connectivity index (χ4n) is 2.32. The van der Waals surface area contributed by atoms with E-state index in [2.05, 4.69) is 34.1 Å². The molecule has 0 N–H and O–H groups in total. The highest BCUT2D eigenvalue weighted by Gasteiger charge is 2.14. The highest BCUT2D eigenvalue weighted by molar-refractivity contribution is 9.08. The van der Waals surface area contributed by atoms with E-state index in [-0.39, 0.29) is 0 Å². The second kappa shape index (κ2) is 6.29. The van der Waals surface area contributed by atoms with Gasteiger partial charge in [0, 0.05) is 10.9 Å². The molecule has 1 saturated carbocycles. The Morgan fingerprint density at radius 3 is 2.62 bits per heavy atom. The summed E-state index contributed by atoms with van der Waals surface area (Å²) in [7, 11) is 0. The van der Waals surface area contributed by atoms with E-state index in [0.29, 0.717) is 0 Å². The molecule has 0 atom stereocenters. The third-order valence-electron chi connectivity index (χ3n) is 3.32. The SMILES string of the molecule is BrCc1ccccc1OCC1CCCCC1. The zero-order valence-corrected chi connectivity index (χ0v) is 11.2. The molecule has 0 saturated heterocycles. The molecule has 0 amide bonds. The van der Waals surface area contributed by atoms with Crippen molar-refractivity contribution >= 4 is 15.9 Å². The van der Waals surface area contributed by atoms with Gasteiger partial charge in [-0.05, 0) is 24.8 Å². The van der Waals surface area contributed by atoms with Crippen molar-refractivity contribution in [2.24, 2.45) is 5.92 Å². The van der Waals surface area contributed by atoms with Crippen LogP contribution in [0, 0.1) is 5.92 Å². The van der Waals surface area contributed by atoms with Gasteiger partial charge < -0.3 is 4.74 Å². The average molecular weight is 283 g/mol. The van der Waals surface area contributed by atoms with Gasteiger partial charge in [-0.3, -0.25) is 0 Å². The molecule has 0 spiro atoms. The van der Waals surface area contributed by atoms with Crippen LogP contribution < -0.4 is 4.74 Å². The van der Waals surface area contributed by atoms with Gasteiger partial charge in [-0.15, -0.1) is 0 Å². The molecule has 1 aromatic rings. The van der Waals surface area contributed by atoms with Crippen molar-refractivity contribution in [3.63, 3.8) is 0 Å². The molecule has 0 unspecified atom stereocenters. The molecule has 88 valence electrons. The maximum atomic E-state index is 5.94. The second-order valence-electron chi connectivity index (χ2n) is 4.56. The number of hydrogen-bond acceptors (Lipinski definition) is 1. The van der Waals surface area contributed by atoms with E-state index in [9.17, 15) is 0 Å². The normalized spacial score (nSPS) is 17.3. The Bertz CT molecular complexity index is 318. The fraction of sp³-hybridized carbons (Fsp3) is 0.571. The van der Waals surface area contributed by atoms with Crippen molar-refractivity contribution in [2.45, 2.75) is 37.4 Å². The van der Waals surface area contributed by atoms with Crippen molar-refractivity contribution in [2.75, 3.05) is 6.61 Å². The number of rotatable bonds is 4. The van der Waals surface area contributed by atoms with Gasteiger partial charge in [0.25, 0.3) is 0 Å². The van der Waals surface area contributed by atoms with E-state index in [0.717, 1.165) is 23.6 Å². The summed E-state index contributed by atoms with van der Waals surface area (Å²) in [4.78, 5) is 0. The lowest BCUT2D eigenvalue weighted by Gasteiger charge is -2.22. The number of para-hydroxylation sites is 1. The molecular weight excluding hydrogens is 264 g/mol. The molecule has 2 rings (SSSR count). The number of halogens is 1. The molecule has 0 aromatic heterocycles. The zero-order chi connectivity index (χ0) is 11.2. The number of hydrogen-bond donors (Lipinski definition) is 0. The Labute approximate surface area is 106 Å². The van der Waals surface area contributed by atoms with Gasteiger partial charge in [0.1, 0.15) is 5.75 Å². The summed E-state index contributed by atoms with van der Waals surface area (Å²) in [6.07, 6.45) is 6.86. The van der Waals surface area contributed by atoms with Crippen LogP contribution in [0.3, 0.4) is 0 Å². The topological polar surface area (TPSA) is 9.23 Å². The standard InChI is InChI=1S/C14H19BrO/c15-10-13-8-4-5-9-14(13)16-11-12-6-2-1-3-7-12/h4-5,8-9,12H,1-3,6-7,10-11H2. The van der Waals surface area contributed by atoms with Crippen LogP contribution in [0.25, 0.3) is 0 Å². The smallest absolute Gasteiger partial charge is 0.123 e. The summed E-state index contributed by atoms with van der Waals surface area (Å²) >= 11 is 3.49. The minimum Gasteiger partial charge on any atom is -0.493 e. The first-order chi connectivity index (χ1) is 7.90. The van der Waals surface area contributed by atoms with Crippen molar-refractivity contribution in [3.05, 3.63) is 29.8 Å². The predicted octanol–water partition coefficient (Wildman–Crippen LogP) is 4.54. The van der Waals surface area contributed by atoms with Crippen molar-refractivity contribution in [1.29, 1.82) is 0 Å². The van der Waals surface area contributed by atoms with Crippen LogP contribution in [-0.4, -0.2) is 6.61 Å². The van der Waals surface area contributed by atoms with E-state index in [1.807, 2.05) is 6.07 Å². The number of ether oxygens (including phenoxy) is 1. The summed E-state index contributed by atoms with van der Waals surface area (Å²) < 4.78 is 5.94. The van der Waals surface area contributed by atoms with Crippen molar-refractivity contribution < 1.29 is 4.74 Å². The highest BCUT2D eigenvalue weighted by Crippen LogP contribution is 2.26. The Morgan fingerprint density at radius 2 is 1.88 bits per heavy atom. The quantitative estimate of drug-likeness (QED) is 0.737. The first-order valence-corrected chi connectivity index (χ1v) is 7.29. The van der Waals surface area contributed by atoms with Crippen LogP contribution in [-0.2, 0) is 5.33 Å². The van der Waals surface area contributed by atoms with Crippen LogP contribution in [0.5, 0.6) is 5.75 Å². The molecule has 0 bridgehead atoms. The van der Waals surface area contributed by atoms with Crippen molar-refractivity contribution in [1.82, 2.24) is 0 Å². The van der Waals surface area contributed by atoms with Gasteiger partial charge in [-0.25, -0.2) is 0 Å². The van der Waals surface area contributed by atoms with E-state index >= 15 is 0 Å². The Kier molecular flexibility index (Phi) is 4.70. The van der Waals surface area contributed by atoms with Crippen molar-refractivity contribution in [3.8, 4) is 5.75 Å². The predicted molar refractivity (Wildman–Crippen MR) is 71.1 cm³/mol. The van der Waals surface area contributed by atoms with Gasteiger partial charge in [0.2, 0.25) is 0 Å². The Balaban J connectivity index is 1.88. The minimum absolute atomic E-state index is 0.775. The molecular formula is C14H19BrO. The lowest BCUT2D eigenvalue weighted by atomic mass is 9.90. The lowest BCUT2D eigenvalue weighted by Crippen LogP contribution is -2.15. The first-order valence-electron chi connectivity index (χ1n) is 6.17. The Morgan fingerprint density at radius 1 is 1.12 bits per heavy atom. The summed E-state index contributed by atoms with van der Waals surface area (Å²) in [6, 6.07) is 8.29. The average Bonchev–Trinajstić information content (AvgIpc) is 2.38. The monoisotopic (exact) mass is 282 g/mol. The van der Waals surface area contributed by atoms with E-state index in [1.165, 1.54) is 37.7 Å². The molecule has 1 nitrogen and oxygen atoms in total.